The summed E-state index contributed by atoms with van der Waals surface area (Å²) in [5, 5.41) is 7.94. The van der Waals surface area contributed by atoms with Crippen LogP contribution in [0.5, 0.6) is 0 Å². The van der Waals surface area contributed by atoms with Crippen molar-refractivity contribution in [3.8, 4) is 0 Å². The Balaban J connectivity index is 0.000000351. The predicted molar refractivity (Wildman–Crippen MR) is 85.3 cm³/mol. The zero-order valence-electron chi connectivity index (χ0n) is 13.4. The van der Waals surface area contributed by atoms with E-state index in [2.05, 4.69) is 24.1 Å². The van der Waals surface area contributed by atoms with Crippen molar-refractivity contribution in [3.63, 3.8) is 0 Å². The van der Waals surface area contributed by atoms with Crippen LogP contribution in [-0.2, 0) is 16.0 Å². The molecule has 1 saturated heterocycles. The lowest BCUT2D eigenvalue weighted by atomic mass is 10.1. The molecule has 2 rings (SSSR count). The molecule has 0 bridgehead atoms. The van der Waals surface area contributed by atoms with E-state index < -0.39 is 12.1 Å². The van der Waals surface area contributed by atoms with E-state index in [1.807, 2.05) is 12.1 Å². The van der Waals surface area contributed by atoms with E-state index in [1.165, 1.54) is 5.56 Å². The molecule has 0 amide bonds. The first kappa shape index (κ1) is 20.7. The van der Waals surface area contributed by atoms with Crippen LogP contribution in [0.25, 0.3) is 0 Å². The summed E-state index contributed by atoms with van der Waals surface area (Å²) in [5.41, 5.74) is 1.35. The van der Waals surface area contributed by atoms with Gasteiger partial charge in [-0.2, -0.15) is 13.2 Å². The number of alkyl halides is 3. The number of carboxylic acid groups (broad SMARTS) is 1. The Morgan fingerprint density at radius 2 is 1.79 bits per heavy atom. The third-order valence-electron chi connectivity index (χ3n) is 3.72. The maximum absolute atomic E-state index is 10.6. The van der Waals surface area contributed by atoms with Gasteiger partial charge in [-0.05, 0) is 44.0 Å². The van der Waals surface area contributed by atoms with Crippen molar-refractivity contribution in [1.82, 2.24) is 4.90 Å². The van der Waals surface area contributed by atoms with Crippen LogP contribution in [0.4, 0.5) is 13.2 Å². The van der Waals surface area contributed by atoms with E-state index in [-0.39, 0.29) is 0 Å². The summed E-state index contributed by atoms with van der Waals surface area (Å²) in [5.74, 6) is -2.76. The third-order valence-corrected chi connectivity index (χ3v) is 3.98. The minimum Gasteiger partial charge on any atom is -0.475 e. The molecule has 0 unspecified atom stereocenters. The fourth-order valence-electron chi connectivity index (χ4n) is 2.27. The molecule has 0 aromatic heterocycles. The van der Waals surface area contributed by atoms with Crippen molar-refractivity contribution in [3.05, 3.63) is 34.9 Å². The second kappa shape index (κ2) is 9.86. The fourth-order valence-corrected chi connectivity index (χ4v) is 2.39. The molecular weight excluding hydrogens is 347 g/mol. The van der Waals surface area contributed by atoms with Crippen molar-refractivity contribution in [2.45, 2.75) is 31.5 Å². The van der Waals surface area contributed by atoms with E-state index in [0.717, 1.165) is 44.0 Å². The number of hydrogen-bond acceptors (Lipinski definition) is 3. The molecule has 0 aliphatic carbocycles. The van der Waals surface area contributed by atoms with Gasteiger partial charge in [-0.15, -0.1) is 0 Å². The van der Waals surface area contributed by atoms with E-state index in [9.17, 15) is 13.2 Å². The average Bonchev–Trinajstić information content (AvgIpc) is 2.54. The molecule has 0 saturated carbocycles. The first-order valence-corrected chi connectivity index (χ1v) is 7.90. The van der Waals surface area contributed by atoms with Crippen molar-refractivity contribution in [2.24, 2.45) is 0 Å². The van der Waals surface area contributed by atoms with Gasteiger partial charge in [0.2, 0.25) is 0 Å². The maximum atomic E-state index is 10.6. The highest BCUT2D eigenvalue weighted by Crippen LogP contribution is 2.15. The molecular formula is C16H21ClF3NO3. The van der Waals surface area contributed by atoms with Crippen LogP contribution in [0.2, 0.25) is 5.02 Å². The number of halogens is 4. The molecule has 1 aliphatic rings. The second-order valence-corrected chi connectivity index (χ2v) is 5.94. The molecule has 4 nitrogen and oxygen atoms in total. The Bertz CT molecular complexity index is 502. The van der Waals surface area contributed by atoms with Gasteiger partial charge in [-0.1, -0.05) is 23.7 Å². The van der Waals surface area contributed by atoms with Crippen LogP contribution in [0.1, 0.15) is 18.4 Å². The van der Waals surface area contributed by atoms with E-state index >= 15 is 0 Å². The van der Waals surface area contributed by atoms with E-state index in [1.54, 1.807) is 0 Å². The molecule has 1 fully saturated rings. The number of carboxylic acids is 1. The predicted octanol–water partition coefficient (Wildman–Crippen LogP) is 3.63. The number of hydrogen-bond donors (Lipinski definition) is 1. The van der Waals surface area contributed by atoms with Crippen molar-refractivity contribution in [2.75, 3.05) is 26.8 Å². The topological polar surface area (TPSA) is 49.8 Å². The number of rotatable bonds is 4. The number of nitrogens with zero attached hydrogens (tertiary/aromatic N) is 1. The van der Waals surface area contributed by atoms with Gasteiger partial charge in [0, 0.05) is 30.8 Å². The molecule has 1 heterocycles. The first-order chi connectivity index (χ1) is 11.2. The first-order valence-electron chi connectivity index (χ1n) is 7.52. The molecule has 136 valence electrons. The molecule has 24 heavy (non-hydrogen) atoms. The van der Waals surface area contributed by atoms with Gasteiger partial charge < -0.3 is 14.7 Å². The minimum atomic E-state index is -5.08. The van der Waals surface area contributed by atoms with Crippen LogP contribution in [0.15, 0.2) is 24.3 Å². The molecule has 1 aromatic rings. The standard InChI is InChI=1S/C14H20ClNO.C2HF3O2/c1-16(14-7-10-17-11-8-14)9-6-12-2-4-13(15)5-3-12;3-2(4,5)1(6)7/h2-5,14H,6-11H2,1H3;(H,6,7). The molecule has 0 atom stereocenters. The minimum absolute atomic E-state index is 0.691. The van der Waals surface area contributed by atoms with Crippen LogP contribution in [0.3, 0.4) is 0 Å². The van der Waals surface area contributed by atoms with Crippen molar-refractivity contribution < 1.29 is 27.8 Å². The number of likely N-dealkylation sites (N-methyl/N-ethyl adjacent to an activating group) is 1. The zero-order chi connectivity index (χ0) is 18.2. The monoisotopic (exact) mass is 367 g/mol. The third kappa shape index (κ3) is 7.99. The van der Waals surface area contributed by atoms with Gasteiger partial charge in [0.1, 0.15) is 0 Å². The Kier molecular flexibility index (Phi) is 8.52. The fraction of sp³-hybridized carbons (Fsp3) is 0.562. The summed E-state index contributed by atoms with van der Waals surface area (Å²) in [6.45, 7) is 2.93. The average molecular weight is 368 g/mol. The highest BCUT2D eigenvalue weighted by molar-refractivity contribution is 6.30. The van der Waals surface area contributed by atoms with Crippen LogP contribution < -0.4 is 0 Å². The largest absolute Gasteiger partial charge is 0.490 e. The summed E-state index contributed by atoms with van der Waals surface area (Å²) in [6.07, 6.45) is -1.67. The lowest BCUT2D eigenvalue weighted by Crippen LogP contribution is -2.37. The quantitative estimate of drug-likeness (QED) is 0.883. The summed E-state index contributed by atoms with van der Waals surface area (Å²) >= 11 is 5.87. The van der Waals surface area contributed by atoms with Gasteiger partial charge in [-0.25, -0.2) is 4.79 Å². The lowest BCUT2D eigenvalue weighted by molar-refractivity contribution is -0.192. The van der Waals surface area contributed by atoms with Gasteiger partial charge >= 0.3 is 12.1 Å². The Hall–Kier alpha value is -1.31. The van der Waals surface area contributed by atoms with Crippen LogP contribution >= 0.6 is 11.6 Å². The van der Waals surface area contributed by atoms with E-state index in [4.69, 9.17) is 26.2 Å². The summed E-state index contributed by atoms with van der Waals surface area (Å²) in [7, 11) is 2.21. The van der Waals surface area contributed by atoms with Gasteiger partial charge in [0.25, 0.3) is 0 Å². The number of carbonyl (C=O) groups is 1. The van der Waals surface area contributed by atoms with Crippen molar-refractivity contribution >= 4 is 17.6 Å². The molecule has 1 aliphatic heterocycles. The summed E-state index contributed by atoms with van der Waals surface area (Å²) in [6, 6.07) is 8.84. The number of ether oxygens (including phenoxy) is 1. The van der Waals surface area contributed by atoms with Gasteiger partial charge in [0.15, 0.2) is 0 Å². The summed E-state index contributed by atoms with van der Waals surface area (Å²) < 4.78 is 37.1. The SMILES string of the molecule is CN(CCc1ccc(Cl)cc1)C1CCOCC1.O=C(O)C(F)(F)F. The molecule has 1 N–H and O–H groups in total. The Labute approximate surface area is 144 Å². The molecule has 0 spiro atoms. The van der Waals surface area contributed by atoms with Gasteiger partial charge in [0.05, 0.1) is 0 Å². The van der Waals surface area contributed by atoms with Crippen LogP contribution in [0, 0.1) is 0 Å². The van der Waals surface area contributed by atoms with Gasteiger partial charge in [-0.3, -0.25) is 0 Å². The van der Waals surface area contributed by atoms with Crippen LogP contribution in [-0.4, -0.2) is 55.0 Å². The number of benzene rings is 1. The highest BCUT2D eigenvalue weighted by Gasteiger charge is 2.38. The Morgan fingerprint density at radius 1 is 1.29 bits per heavy atom. The van der Waals surface area contributed by atoms with Crippen molar-refractivity contribution in [1.29, 1.82) is 0 Å². The second-order valence-electron chi connectivity index (χ2n) is 5.50. The normalized spacial score (nSPS) is 15.8. The van der Waals surface area contributed by atoms with E-state index in [0.29, 0.717) is 6.04 Å². The number of aliphatic carboxylic acids is 1. The zero-order valence-corrected chi connectivity index (χ0v) is 14.1. The molecule has 8 heteroatoms. The Morgan fingerprint density at radius 3 is 2.25 bits per heavy atom. The lowest BCUT2D eigenvalue weighted by Gasteiger charge is -2.31. The molecule has 0 radical (unpaired) electrons. The summed E-state index contributed by atoms with van der Waals surface area (Å²) in [4.78, 5) is 11.4. The molecule has 1 aromatic carbocycles. The highest BCUT2D eigenvalue weighted by atomic mass is 35.5. The maximum Gasteiger partial charge on any atom is 0.490 e. The smallest absolute Gasteiger partial charge is 0.475 e.